The molecule has 0 aliphatic heterocycles. The van der Waals surface area contributed by atoms with Crippen LogP contribution in [0.25, 0.3) is 0 Å². The van der Waals surface area contributed by atoms with E-state index in [4.69, 9.17) is 15.9 Å². The third-order valence-electron chi connectivity index (χ3n) is 2.10. The summed E-state index contributed by atoms with van der Waals surface area (Å²) in [7, 11) is 1.67. The van der Waals surface area contributed by atoms with Crippen LogP contribution in [-0.2, 0) is 9.47 Å². The summed E-state index contributed by atoms with van der Waals surface area (Å²) in [6.45, 7) is 6.19. The van der Waals surface area contributed by atoms with Crippen LogP contribution >= 0.6 is 0 Å². The monoisotopic (exact) mass is 255 g/mol. The maximum Gasteiger partial charge on any atom is 0.192 e. The molecule has 0 saturated heterocycles. The molecule has 0 spiro atoms. The van der Waals surface area contributed by atoms with E-state index < -0.39 is 0 Å². The molecule has 5 heteroatoms. The molecular formula is C13H25N3O2. The number of nitrogens with one attached hydrogen (secondary N) is 2. The van der Waals surface area contributed by atoms with Crippen LogP contribution in [0, 0.1) is 12.3 Å². The predicted molar refractivity (Wildman–Crippen MR) is 74.7 cm³/mol. The minimum absolute atomic E-state index is 0.492. The Morgan fingerprint density at radius 2 is 2.06 bits per heavy atom. The molecule has 0 aliphatic rings. The topological polar surface area (TPSA) is 54.9 Å². The minimum atomic E-state index is 0.492. The SMILES string of the molecule is C#CCNC(=NCCCCOCCOC)NCC. The van der Waals surface area contributed by atoms with Crippen molar-refractivity contribution in [2.45, 2.75) is 19.8 Å². The number of rotatable bonds is 10. The second-order valence-corrected chi connectivity index (χ2v) is 3.63. The van der Waals surface area contributed by atoms with Crippen LogP contribution in [-0.4, -0.2) is 52.5 Å². The van der Waals surface area contributed by atoms with E-state index in [1.54, 1.807) is 7.11 Å². The molecule has 0 aromatic carbocycles. The average Bonchev–Trinajstić information content (AvgIpc) is 2.39. The molecule has 0 atom stereocenters. The van der Waals surface area contributed by atoms with Gasteiger partial charge in [0.25, 0.3) is 0 Å². The van der Waals surface area contributed by atoms with E-state index >= 15 is 0 Å². The maximum absolute atomic E-state index is 5.36. The van der Waals surface area contributed by atoms with Crippen LogP contribution in [0.15, 0.2) is 4.99 Å². The third kappa shape index (κ3) is 11.2. The number of unbranched alkanes of at least 4 members (excludes halogenated alkanes) is 1. The Kier molecular flexibility index (Phi) is 12.9. The van der Waals surface area contributed by atoms with Gasteiger partial charge in [-0.05, 0) is 19.8 Å². The Labute approximate surface area is 110 Å². The van der Waals surface area contributed by atoms with Crippen LogP contribution < -0.4 is 10.6 Å². The Hall–Kier alpha value is -1.25. The van der Waals surface area contributed by atoms with Gasteiger partial charge >= 0.3 is 0 Å². The Morgan fingerprint density at radius 1 is 1.22 bits per heavy atom. The normalized spacial score (nSPS) is 11.1. The van der Waals surface area contributed by atoms with E-state index in [1.165, 1.54) is 0 Å². The fourth-order valence-corrected chi connectivity index (χ4v) is 1.23. The van der Waals surface area contributed by atoms with Crippen LogP contribution in [0.5, 0.6) is 0 Å². The summed E-state index contributed by atoms with van der Waals surface area (Å²) in [4.78, 5) is 4.40. The molecule has 18 heavy (non-hydrogen) atoms. The van der Waals surface area contributed by atoms with E-state index in [9.17, 15) is 0 Å². The highest BCUT2D eigenvalue weighted by Crippen LogP contribution is 1.91. The number of terminal acetylenes is 1. The van der Waals surface area contributed by atoms with Gasteiger partial charge in [0.1, 0.15) is 0 Å². The number of ether oxygens (including phenoxy) is 2. The molecule has 0 amide bonds. The van der Waals surface area contributed by atoms with Crippen molar-refractivity contribution in [2.75, 3.05) is 46.6 Å². The molecule has 2 N–H and O–H groups in total. The van der Waals surface area contributed by atoms with Gasteiger partial charge < -0.3 is 20.1 Å². The van der Waals surface area contributed by atoms with E-state index in [0.29, 0.717) is 19.8 Å². The molecule has 0 aromatic heterocycles. The summed E-state index contributed by atoms with van der Waals surface area (Å²) in [6, 6.07) is 0. The van der Waals surface area contributed by atoms with Crippen LogP contribution in [0.4, 0.5) is 0 Å². The zero-order valence-corrected chi connectivity index (χ0v) is 11.5. The molecule has 0 aliphatic carbocycles. The van der Waals surface area contributed by atoms with Crippen LogP contribution in [0.2, 0.25) is 0 Å². The van der Waals surface area contributed by atoms with Gasteiger partial charge in [0.15, 0.2) is 5.96 Å². The lowest BCUT2D eigenvalue weighted by molar-refractivity contribution is 0.0690. The van der Waals surface area contributed by atoms with Crippen LogP contribution in [0.3, 0.4) is 0 Å². The molecule has 0 saturated carbocycles. The molecule has 0 bridgehead atoms. The third-order valence-corrected chi connectivity index (χ3v) is 2.10. The van der Waals surface area contributed by atoms with Gasteiger partial charge in [-0.2, -0.15) is 0 Å². The Bertz CT molecular complexity index is 249. The Balaban J connectivity index is 3.53. The van der Waals surface area contributed by atoms with Crippen LogP contribution in [0.1, 0.15) is 19.8 Å². The minimum Gasteiger partial charge on any atom is -0.382 e. The number of hydrogen-bond acceptors (Lipinski definition) is 3. The first kappa shape index (κ1) is 16.8. The highest BCUT2D eigenvalue weighted by atomic mass is 16.5. The van der Waals surface area contributed by atoms with E-state index in [-0.39, 0.29) is 0 Å². The lowest BCUT2D eigenvalue weighted by Crippen LogP contribution is -2.37. The lowest BCUT2D eigenvalue weighted by atomic mass is 10.3. The molecule has 5 nitrogen and oxygen atoms in total. The largest absolute Gasteiger partial charge is 0.382 e. The quantitative estimate of drug-likeness (QED) is 0.260. The standard InChI is InChI=1S/C13H25N3O2/c1-4-8-15-13(14-5-2)16-9-6-7-10-18-12-11-17-3/h1H,5-12H2,2-3H3,(H2,14,15,16). The lowest BCUT2D eigenvalue weighted by Gasteiger charge is -2.08. The number of aliphatic imine (C=N–C) groups is 1. The summed E-state index contributed by atoms with van der Waals surface area (Å²) in [6.07, 6.45) is 7.19. The average molecular weight is 255 g/mol. The van der Waals surface area contributed by atoms with Gasteiger partial charge in [-0.1, -0.05) is 5.92 Å². The smallest absolute Gasteiger partial charge is 0.192 e. The van der Waals surface area contributed by atoms with Crippen molar-refractivity contribution in [2.24, 2.45) is 4.99 Å². The van der Waals surface area contributed by atoms with E-state index in [0.717, 1.165) is 38.5 Å². The van der Waals surface area contributed by atoms with Crippen molar-refractivity contribution in [3.63, 3.8) is 0 Å². The highest BCUT2D eigenvalue weighted by Gasteiger charge is 1.94. The maximum atomic E-state index is 5.36. The first-order valence-corrected chi connectivity index (χ1v) is 6.37. The highest BCUT2D eigenvalue weighted by molar-refractivity contribution is 5.79. The summed E-state index contributed by atoms with van der Waals surface area (Å²) in [5.74, 6) is 3.30. The van der Waals surface area contributed by atoms with Crippen molar-refractivity contribution in [3.05, 3.63) is 0 Å². The second-order valence-electron chi connectivity index (χ2n) is 3.63. The van der Waals surface area contributed by atoms with E-state index in [1.807, 2.05) is 6.92 Å². The van der Waals surface area contributed by atoms with Crippen molar-refractivity contribution >= 4 is 5.96 Å². The van der Waals surface area contributed by atoms with Crippen molar-refractivity contribution < 1.29 is 9.47 Å². The summed E-state index contributed by atoms with van der Waals surface area (Å²) in [5, 5.41) is 6.18. The number of nitrogens with zero attached hydrogens (tertiary/aromatic N) is 1. The molecule has 0 heterocycles. The fraction of sp³-hybridized carbons (Fsp3) is 0.769. The number of guanidine groups is 1. The van der Waals surface area contributed by atoms with Gasteiger partial charge in [0.2, 0.25) is 0 Å². The molecule has 0 radical (unpaired) electrons. The summed E-state index contributed by atoms with van der Waals surface area (Å²) < 4.78 is 10.2. The van der Waals surface area contributed by atoms with Crippen molar-refractivity contribution in [3.8, 4) is 12.3 Å². The van der Waals surface area contributed by atoms with Crippen molar-refractivity contribution in [1.29, 1.82) is 0 Å². The van der Waals surface area contributed by atoms with Gasteiger partial charge in [-0.15, -0.1) is 6.42 Å². The molecular weight excluding hydrogens is 230 g/mol. The number of methoxy groups -OCH3 is 1. The zero-order chi connectivity index (χ0) is 13.5. The first-order chi connectivity index (χ1) is 8.85. The van der Waals surface area contributed by atoms with Gasteiger partial charge in [-0.3, -0.25) is 4.99 Å². The van der Waals surface area contributed by atoms with Gasteiger partial charge in [0.05, 0.1) is 19.8 Å². The predicted octanol–water partition coefficient (Wildman–Crippen LogP) is 0.618. The number of hydrogen-bond donors (Lipinski definition) is 2. The molecule has 104 valence electrons. The Morgan fingerprint density at radius 3 is 2.72 bits per heavy atom. The second kappa shape index (κ2) is 13.8. The van der Waals surface area contributed by atoms with Gasteiger partial charge in [0, 0.05) is 26.8 Å². The summed E-state index contributed by atoms with van der Waals surface area (Å²) >= 11 is 0. The summed E-state index contributed by atoms with van der Waals surface area (Å²) in [5.41, 5.74) is 0. The first-order valence-electron chi connectivity index (χ1n) is 6.37. The molecule has 0 unspecified atom stereocenters. The van der Waals surface area contributed by atoms with Crippen molar-refractivity contribution in [1.82, 2.24) is 10.6 Å². The molecule has 0 aromatic rings. The molecule has 0 rings (SSSR count). The fourth-order valence-electron chi connectivity index (χ4n) is 1.23. The van der Waals surface area contributed by atoms with E-state index in [2.05, 4.69) is 21.5 Å². The molecule has 0 fully saturated rings. The zero-order valence-electron chi connectivity index (χ0n) is 11.5. The van der Waals surface area contributed by atoms with Gasteiger partial charge in [-0.25, -0.2) is 0 Å².